The number of rotatable bonds is 5. The molecule has 0 saturated carbocycles. The lowest BCUT2D eigenvalue weighted by Gasteiger charge is -2.24. The Hall–Kier alpha value is -2.96. The molecule has 1 atom stereocenters. The number of furan rings is 1. The van der Waals surface area contributed by atoms with Crippen molar-refractivity contribution in [2.24, 2.45) is 5.92 Å². The number of carbonyl (C=O) groups is 2. The van der Waals surface area contributed by atoms with Gasteiger partial charge >= 0.3 is 5.97 Å². The van der Waals surface area contributed by atoms with Gasteiger partial charge in [-0.3, -0.25) is 4.79 Å². The van der Waals surface area contributed by atoms with E-state index < -0.39 is 5.97 Å². The molecule has 0 saturated heterocycles. The molecule has 0 radical (unpaired) electrons. The maximum Gasteiger partial charge on any atom is 0.341 e. The van der Waals surface area contributed by atoms with Crippen LogP contribution < -0.4 is 14.8 Å². The predicted molar refractivity (Wildman–Crippen MR) is 92.3 cm³/mol. The average molecular weight is 359 g/mol. The second-order valence-corrected chi connectivity index (χ2v) is 6.08. The molecule has 138 valence electrons. The maximum absolute atomic E-state index is 12.4. The SMILES string of the molecule is COC(=O)c1cc(CNC(=O)C2COc3cc(OC)ccc3C2)oc1C. The van der Waals surface area contributed by atoms with E-state index in [1.54, 1.807) is 20.1 Å². The van der Waals surface area contributed by atoms with E-state index in [0.29, 0.717) is 30.1 Å². The quantitative estimate of drug-likeness (QED) is 0.824. The van der Waals surface area contributed by atoms with Crippen molar-refractivity contribution < 1.29 is 28.2 Å². The summed E-state index contributed by atoms with van der Waals surface area (Å²) >= 11 is 0. The van der Waals surface area contributed by atoms with Crippen molar-refractivity contribution in [2.75, 3.05) is 20.8 Å². The lowest BCUT2D eigenvalue weighted by molar-refractivity contribution is -0.126. The summed E-state index contributed by atoms with van der Waals surface area (Å²) in [4.78, 5) is 24.0. The highest BCUT2D eigenvalue weighted by atomic mass is 16.5. The van der Waals surface area contributed by atoms with Crippen molar-refractivity contribution in [1.29, 1.82) is 0 Å². The Morgan fingerprint density at radius 3 is 2.81 bits per heavy atom. The van der Waals surface area contributed by atoms with Gasteiger partial charge in [-0.15, -0.1) is 0 Å². The molecule has 1 aliphatic heterocycles. The van der Waals surface area contributed by atoms with E-state index in [2.05, 4.69) is 10.1 Å². The van der Waals surface area contributed by atoms with Crippen molar-refractivity contribution in [2.45, 2.75) is 19.9 Å². The minimum absolute atomic E-state index is 0.125. The van der Waals surface area contributed by atoms with Gasteiger partial charge in [0, 0.05) is 6.07 Å². The maximum atomic E-state index is 12.4. The molecule has 1 aromatic carbocycles. The smallest absolute Gasteiger partial charge is 0.341 e. The van der Waals surface area contributed by atoms with Crippen LogP contribution in [0, 0.1) is 12.8 Å². The Morgan fingerprint density at radius 2 is 2.08 bits per heavy atom. The number of hydrogen-bond donors (Lipinski definition) is 1. The lowest BCUT2D eigenvalue weighted by Crippen LogP contribution is -2.37. The predicted octanol–water partition coefficient (Wildman–Crippen LogP) is 2.25. The Bertz CT molecular complexity index is 825. The van der Waals surface area contributed by atoms with Gasteiger partial charge in [-0.05, 0) is 31.0 Å². The Morgan fingerprint density at radius 1 is 1.27 bits per heavy atom. The summed E-state index contributed by atoms with van der Waals surface area (Å²) < 4.78 is 21.1. The van der Waals surface area contributed by atoms with Crippen LogP contribution in [0.2, 0.25) is 0 Å². The van der Waals surface area contributed by atoms with Crippen LogP contribution in [0.5, 0.6) is 11.5 Å². The van der Waals surface area contributed by atoms with Gasteiger partial charge in [0.25, 0.3) is 0 Å². The Kier molecular flexibility index (Phi) is 5.16. The first-order chi connectivity index (χ1) is 12.5. The number of ether oxygens (including phenoxy) is 3. The summed E-state index contributed by atoms with van der Waals surface area (Å²) in [6.45, 7) is 2.18. The summed E-state index contributed by atoms with van der Waals surface area (Å²) in [5.41, 5.74) is 1.33. The summed E-state index contributed by atoms with van der Waals surface area (Å²) in [6.07, 6.45) is 0.593. The van der Waals surface area contributed by atoms with Crippen LogP contribution in [0.1, 0.15) is 27.4 Å². The van der Waals surface area contributed by atoms with Crippen LogP contribution in [-0.2, 0) is 22.5 Å². The van der Waals surface area contributed by atoms with Crippen LogP contribution in [0.25, 0.3) is 0 Å². The zero-order valence-corrected chi connectivity index (χ0v) is 15.0. The number of esters is 1. The molecule has 26 heavy (non-hydrogen) atoms. The van der Waals surface area contributed by atoms with Gasteiger partial charge < -0.3 is 23.9 Å². The molecule has 3 rings (SSSR count). The fourth-order valence-electron chi connectivity index (χ4n) is 2.91. The molecule has 2 heterocycles. The molecule has 0 aliphatic carbocycles. The molecular formula is C19H21NO6. The number of fused-ring (bicyclic) bond motifs is 1. The fourth-order valence-corrected chi connectivity index (χ4v) is 2.91. The fraction of sp³-hybridized carbons (Fsp3) is 0.368. The lowest BCUT2D eigenvalue weighted by atomic mass is 9.96. The van der Waals surface area contributed by atoms with E-state index in [4.69, 9.17) is 13.9 Å². The van der Waals surface area contributed by atoms with Crippen LogP contribution in [-0.4, -0.2) is 32.7 Å². The van der Waals surface area contributed by atoms with Gasteiger partial charge in [-0.2, -0.15) is 0 Å². The van der Waals surface area contributed by atoms with Crippen LogP contribution in [0.15, 0.2) is 28.7 Å². The van der Waals surface area contributed by atoms with Crippen molar-refractivity contribution in [3.8, 4) is 11.5 Å². The van der Waals surface area contributed by atoms with Gasteiger partial charge in [-0.25, -0.2) is 4.79 Å². The molecule has 1 aliphatic rings. The summed E-state index contributed by atoms with van der Waals surface area (Å²) in [6, 6.07) is 7.17. The molecule has 1 N–H and O–H groups in total. The van der Waals surface area contributed by atoms with Gasteiger partial charge in [0.15, 0.2) is 0 Å². The molecule has 1 amide bonds. The Balaban J connectivity index is 1.60. The third-order valence-electron chi connectivity index (χ3n) is 4.36. The van der Waals surface area contributed by atoms with Crippen molar-refractivity contribution in [3.63, 3.8) is 0 Å². The van der Waals surface area contributed by atoms with E-state index in [1.165, 1.54) is 7.11 Å². The van der Waals surface area contributed by atoms with Gasteiger partial charge in [0.2, 0.25) is 5.91 Å². The molecule has 0 spiro atoms. The largest absolute Gasteiger partial charge is 0.497 e. The van der Waals surface area contributed by atoms with E-state index in [-0.39, 0.29) is 18.4 Å². The van der Waals surface area contributed by atoms with Gasteiger partial charge in [0.1, 0.15) is 35.2 Å². The Labute approximate surface area is 151 Å². The molecule has 0 bridgehead atoms. The second kappa shape index (κ2) is 7.51. The van der Waals surface area contributed by atoms with Crippen LogP contribution in [0.3, 0.4) is 0 Å². The molecule has 2 aromatic rings. The first kappa shape index (κ1) is 17.8. The normalized spacial score (nSPS) is 15.6. The summed E-state index contributed by atoms with van der Waals surface area (Å²) in [7, 11) is 2.91. The van der Waals surface area contributed by atoms with E-state index in [9.17, 15) is 9.59 Å². The van der Waals surface area contributed by atoms with Gasteiger partial charge in [-0.1, -0.05) is 6.07 Å². The minimum atomic E-state index is -0.462. The highest BCUT2D eigenvalue weighted by Gasteiger charge is 2.26. The van der Waals surface area contributed by atoms with Crippen molar-refractivity contribution >= 4 is 11.9 Å². The van der Waals surface area contributed by atoms with Crippen molar-refractivity contribution in [3.05, 3.63) is 46.9 Å². The summed E-state index contributed by atoms with van der Waals surface area (Å²) in [5, 5.41) is 2.83. The monoisotopic (exact) mass is 359 g/mol. The average Bonchev–Trinajstić information content (AvgIpc) is 3.05. The number of nitrogens with one attached hydrogen (secondary N) is 1. The first-order valence-corrected chi connectivity index (χ1v) is 8.27. The summed E-state index contributed by atoms with van der Waals surface area (Å²) in [5.74, 6) is 1.56. The number of methoxy groups -OCH3 is 2. The van der Waals surface area contributed by atoms with E-state index in [0.717, 1.165) is 17.1 Å². The highest BCUT2D eigenvalue weighted by Crippen LogP contribution is 2.31. The molecular weight excluding hydrogens is 338 g/mol. The topological polar surface area (TPSA) is 87.0 Å². The number of hydrogen-bond acceptors (Lipinski definition) is 6. The molecule has 7 nitrogen and oxygen atoms in total. The van der Waals surface area contributed by atoms with E-state index in [1.807, 2.05) is 18.2 Å². The highest BCUT2D eigenvalue weighted by molar-refractivity contribution is 5.90. The first-order valence-electron chi connectivity index (χ1n) is 8.27. The molecule has 1 unspecified atom stereocenters. The third-order valence-corrected chi connectivity index (χ3v) is 4.36. The molecule has 7 heteroatoms. The van der Waals surface area contributed by atoms with Crippen LogP contribution >= 0.6 is 0 Å². The number of aryl methyl sites for hydroxylation is 1. The second-order valence-electron chi connectivity index (χ2n) is 6.08. The molecule has 0 fully saturated rings. The number of carbonyl (C=O) groups excluding carboxylic acids is 2. The van der Waals surface area contributed by atoms with Crippen molar-refractivity contribution in [1.82, 2.24) is 5.32 Å². The minimum Gasteiger partial charge on any atom is -0.497 e. The standard InChI is InChI=1S/C19H21NO6/c1-11-16(19(22)24-3)7-15(26-11)9-20-18(21)13-6-12-4-5-14(23-2)8-17(12)25-10-13/h4-5,7-8,13H,6,9-10H2,1-3H3,(H,20,21). The number of amides is 1. The van der Waals surface area contributed by atoms with Crippen LogP contribution in [0.4, 0.5) is 0 Å². The zero-order valence-electron chi connectivity index (χ0n) is 15.0. The zero-order chi connectivity index (χ0) is 18.7. The van der Waals surface area contributed by atoms with E-state index >= 15 is 0 Å². The third kappa shape index (κ3) is 3.66. The van der Waals surface area contributed by atoms with Gasteiger partial charge in [0.05, 0.1) is 26.7 Å². The number of benzene rings is 1. The molecule has 1 aromatic heterocycles.